The molecular formula is C17H21NO5. The van der Waals surface area contributed by atoms with E-state index in [9.17, 15) is 9.59 Å². The van der Waals surface area contributed by atoms with Gasteiger partial charge in [0.1, 0.15) is 12.4 Å². The maximum absolute atomic E-state index is 12.7. The number of amides is 1. The minimum Gasteiger partial charge on any atom is -0.491 e. The summed E-state index contributed by atoms with van der Waals surface area (Å²) in [5.74, 6) is -0.217. The molecule has 1 amide bonds. The third-order valence-electron chi connectivity index (χ3n) is 4.41. The minimum absolute atomic E-state index is 0.0731. The Morgan fingerprint density at radius 3 is 2.61 bits per heavy atom. The first-order chi connectivity index (χ1) is 11.0. The lowest BCUT2D eigenvalue weighted by atomic mass is 9.91. The standard InChI is InChI=1S/C17H21NO5/c1-10(2)15-13-4-3-11(17(20)21)7-14(13)23-6-5-18(15)16(19)12-8-22-9-12/h3-4,7,10,12,15H,5-6,8-9H2,1-2H3,(H,20,21). The van der Waals surface area contributed by atoms with Crippen LogP contribution in [0.2, 0.25) is 0 Å². The molecule has 1 aromatic rings. The summed E-state index contributed by atoms with van der Waals surface area (Å²) >= 11 is 0. The Bertz CT molecular complexity index is 623. The largest absolute Gasteiger partial charge is 0.491 e. The molecule has 2 heterocycles. The third kappa shape index (κ3) is 2.91. The highest BCUT2D eigenvalue weighted by Gasteiger charge is 2.38. The summed E-state index contributed by atoms with van der Waals surface area (Å²) in [4.78, 5) is 25.8. The molecular weight excluding hydrogens is 298 g/mol. The first-order valence-corrected chi connectivity index (χ1v) is 7.87. The Kier molecular flexibility index (Phi) is 4.26. The molecule has 0 bridgehead atoms. The van der Waals surface area contributed by atoms with E-state index in [1.165, 1.54) is 0 Å². The van der Waals surface area contributed by atoms with Gasteiger partial charge < -0.3 is 19.5 Å². The Hall–Kier alpha value is -2.08. The molecule has 6 nitrogen and oxygen atoms in total. The second-order valence-electron chi connectivity index (χ2n) is 6.36. The van der Waals surface area contributed by atoms with Crippen molar-refractivity contribution in [2.75, 3.05) is 26.4 Å². The fourth-order valence-electron chi connectivity index (χ4n) is 3.18. The average molecular weight is 319 g/mol. The summed E-state index contributed by atoms with van der Waals surface area (Å²) in [5, 5.41) is 9.15. The van der Waals surface area contributed by atoms with Crippen LogP contribution in [-0.4, -0.2) is 48.2 Å². The van der Waals surface area contributed by atoms with Crippen LogP contribution in [-0.2, 0) is 9.53 Å². The van der Waals surface area contributed by atoms with E-state index in [1.54, 1.807) is 18.2 Å². The topological polar surface area (TPSA) is 76.1 Å². The molecule has 1 fully saturated rings. The fraction of sp³-hybridized carbons (Fsp3) is 0.529. The molecule has 1 N–H and O–H groups in total. The van der Waals surface area contributed by atoms with Gasteiger partial charge in [-0.15, -0.1) is 0 Å². The van der Waals surface area contributed by atoms with Crippen molar-refractivity contribution in [1.29, 1.82) is 0 Å². The molecule has 1 atom stereocenters. The zero-order valence-electron chi connectivity index (χ0n) is 13.3. The summed E-state index contributed by atoms with van der Waals surface area (Å²) < 4.78 is 10.9. The molecule has 23 heavy (non-hydrogen) atoms. The van der Waals surface area contributed by atoms with Gasteiger partial charge >= 0.3 is 5.97 Å². The number of ether oxygens (including phenoxy) is 2. The van der Waals surface area contributed by atoms with Crippen molar-refractivity contribution in [3.05, 3.63) is 29.3 Å². The molecule has 1 unspecified atom stereocenters. The number of carbonyl (C=O) groups is 2. The van der Waals surface area contributed by atoms with Crippen LogP contribution in [0.5, 0.6) is 5.75 Å². The smallest absolute Gasteiger partial charge is 0.335 e. The van der Waals surface area contributed by atoms with Gasteiger partial charge in [-0.1, -0.05) is 19.9 Å². The monoisotopic (exact) mass is 319 g/mol. The fourth-order valence-corrected chi connectivity index (χ4v) is 3.18. The molecule has 124 valence electrons. The van der Waals surface area contributed by atoms with Crippen LogP contribution in [0.1, 0.15) is 35.8 Å². The van der Waals surface area contributed by atoms with Gasteiger partial charge in [-0.25, -0.2) is 4.79 Å². The lowest BCUT2D eigenvalue weighted by Gasteiger charge is -2.37. The second kappa shape index (κ2) is 6.20. The molecule has 0 aromatic heterocycles. The van der Waals surface area contributed by atoms with Crippen molar-refractivity contribution in [3.8, 4) is 5.75 Å². The summed E-state index contributed by atoms with van der Waals surface area (Å²) in [7, 11) is 0. The van der Waals surface area contributed by atoms with E-state index in [1.807, 2.05) is 4.90 Å². The quantitative estimate of drug-likeness (QED) is 0.921. The molecule has 1 aromatic carbocycles. The number of carboxylic acids is 1. The van der Waals surface area contributed by atoms with E-state index in [4.69, 9.17) is 14.6 Å². The van der Waals surface area contributed by atoms with Crippen LogP contribution in [0, 0.1) is 11.8 Å². The predicted molar refractivity (Wildman–Crippen MR) is 82.5 cm³/mol. The van der Waals surface area contributed by atoms with Crippen molar-refractivity contribution in [3.63, 3.8) is 0 Å². The normalized spacial score (nSPS) is 21.2. The highest BCUT2D eigenvalue weighted by molar-refractivity contribution is 5.88. The van der Waals surface area contributed by atoms with Gasteiger partial charge in [-0.3, -0.25) is 4.79 Å². The van der Waals surface area contributed by atoms with E-state index in [0.29, 0.717) is 32.1 Å². The van der Waals surface area contributed by atoms with E-state index in [-0.39, 0.29) is 29.3 Å². The van der Waals surface area contributed by atoms with Gasteiger partial charge in [0.2, 0.25) is 5.91 Å². The Balaban J connectivity index is 1.98. The maximum atomic E-state index is 12.7. The summed E-state index contributed by atoms with van der Waals surface area (Å²) in [6.07, 6.45) is 0. The number of aromatic carboxylic acids is 1. The summed E-state index contributed by atoms with van der Waals surface area (Å²) in [5.41, 5.74) is 1.06. The molecule has 0 saturated carbocycles. The van der Waals surface area contributed by atoms with Crippen molar-refractivity contribution in [1.82, 2.24) is 4.90 Å². The predicted octanol–water partition coefficient (Wildman–Crippen LogP) is 1.95. The first kappa shape index (κ1) is 15.8. The molecule has 0 radical (unpaired) electrons. The molecule has 2 aliphatic heterocycles. The van der Waals surface area contributed by atoms with E-state index in [2.05, 4.69) is 13.8 Å². The zero-order valence-corrected chi connectivity index (χ0v) is 13.3. The Morgan fingerprint density at radius 2 is 2.04 bits per heavy atom. The van der Waals surface area contributed by atoms with Crippen molar-refractivity contribution in [2.24, 2.45) is 11.8 Å². The van der Waals surface area contributed by atoms with Gasteiger partial charge in [-0.2, -0.15) is 0 Å². The van der Waals surface area contributed by atoms with Crippen LogP contribution in [0.25, 0.3) is 0 Å². The number of hydrogen-bond donors (Lipinski definition) is 1. The van der Waals surface area contributed by atoms with Crippen LogP contribution < -0.4 is 4.74 Å². The highest BCUT2D eigenvalue weighted by Crippen LogP contribution is 2.38. The number of fused-ring (bicyclic) bond motifs is 1. The molecule has 3 rings (SSSR count). The molecule has 6 heteroatoms. The van der Waals surface area contributed by atoms with Crippen LogP contribution in [0.15, 0.2) is 18.2 Å². The number of benzene rings is 1. The van der Waals surface area contributed by atoms with Gasteiger partial charge in [0.25, 0.3) is 0 Å². The minimum atomic E-state index is -0.985. The maximum Gasteiger partial charge on any atom is 0.335 e. The lowest BCUT2D eigenvalue weighted by Crippen LogP contribution is -2.47. The van der Waals surface area contributed by atoms with E-state index >= 15 is 0 Å². The molecule has 1 saturated heterocycles. The third-order valence-corrected chi connectivity index (χ3v) is 4.41. The van der Waals surface area contributed by atoms with Gasteiger partial charge in [-0.05, 0) is 18.1 Å². The number of hydrogen-bond acceptors (Lipinski definition) is 4. The van der Waals surface area contributed by atoms with Crippen LogP contribution in [0.3, 0.4) is 0 Å². The van der Waals surface area contributed by atoms with Gasteiger partial charge in [0.15, 0.2) is 0 Å². The second-order valence-corrected chi connectivity index (χ2v) is 6.36. The first-order valence-electron chi connectivity index (χ1n) is 7.87. The average Bonchev–Trinajstić information content (AvgIpc) is 2.63. The number of rotatable bonds is 3. The Labute approximate surface area is 135 Å². The van der Waals surface area contributed by atoms with Crippen molar-refractivity contribution in [2.45, 2.75) is 19.9 Å². The number of nitrogens with zero attached hydrogens (tertiary/aromatic N) is 1. The molecule has 0 aliphatic carbocycles. The van der Waals surface area contributed by atoms with E-state index in [0.717, 1.165) is 5.56 Å². The van der Waals surface area contributed by atoms with Crippen molar-refractivity contribution < 1.29 is 24.2 Å². The van der Waals surface area contributed by atoms with Crippen molar-refractivity contribution >= 4 is 11.9 Å². The van der Waals surface area contributed by atoms with Gasteiger partial charge in [0, 0.05) is 5.56 Å². The summed E-state index contributed by atoms with van der Waals surface area (Å²) in [6.45, 7) is 5.93. The number of carboxylic acid groups (broad SMARTS) is 1. The summed E-state index contributed by atoms with van der Waals surface area (Å²) in [6, 6.07) is 4.77. The van der Waals surface area contributed by atoms with Crippen LogP contribution in [0.4, 0.5) is 0 Å². The van der Waals surface area contributed by atoms with E-state index < -0.39 is 5.97 Å². The zero-order chi connectivity index (χ0) is 16.6. The molecule has 2 aliphatic rings. The SMILES string of the molecule is CC(C)C1c2ccc(C(=O)O)cc2OCCN1C(=O)C1COC1. The molecule has 0 spiro atoms. The van der Waals surface area contributed by atoms with Gasteiger partial charge in [0.05, 0.1) is 37.3 Å². The lowest BCUT2D eigenvalue weighted by molar-refractivity contribution is -0.153. The Morgan fingerprint density at radius 1 is 1.30 bits per heavy atom. The highest BCUT2D eigenvalue weighted by atomic mass is 16.5. The number of carbonyl (C=O) groups excluding carboxylic acids is 1. The van der Waals surface area contributed by atoms with Crippen LogP contribution >= 0.6 is 0 Å².